The van der Waals surface area contributed by atoms with Gasteiger partial charge in [0.2, 0.25) is 0 Å². The molecule has 0 aliphatic heterocycles. The maximum absolute atomic E-state index is 11.2. The lowest BCUT2D eigenvalue weighted by Crippen LogP contribution is -2.42. The summed E-state index contributed by atoms with van der Waals surface area (Å²) in [6.07, 6.45) is 0. The van der Waals surface area contributed by atoms with Gasteiger partial charge in [-0.05, 0) is 27.7 Å². The van der Waals surface area contributed by atoms with Crippen molar-refractivity contribution in [1.29, 1.82) is 0 Å². The molecule has 0 aromatic rings. The smallest absolute Gasteiger partial charge is 0.319 e. The lowest BCUT2D eigenvalue weighted by Gasteiger charge is -2.24. The highest BCUT2D eigenvalue weighted by Gasteiger charge is 2.38. The van der Waals surface area contributed by atoms with Crippen molar-refractivity contribution in [2.75, 3.05) is 6.61 Å². The number of hydrogen-bond donors (Lipinski definition) is 1. The molecule has 0 aromatic heterocycles. The lowest BCUT2D eigenvalue weighted by atomic mass is 9.88. The van der Waals surface area contributed by atoms with Crippen LogP contribution in [0.1, 0.15) is 27.7 Å². The largest absolute Gasteiger partial charge is 0.465 e. The molecule has 0 amide bonds. The summed E-state index contributed by atoms with van der Waals surface area (Å²) in [7, 11) is 0. The van der Waals surface area contributed by atoms with Crippen LogP contribution in [0.3, 0.4) is 0 Å². The van der Waals surface area contributed by atoms with Crippen LogP contribution in [0.15, 0.2) is 0 Å². The summed E-state index contributed by atoms with van der Waals surface area (Å²) in [5.74, 6) is -2.14. The van der Waals surface area contributed by atoms with E-state index < -0.39 is 17.5 Å². The SMILES string of the molecule is CCOC(=O)C(C(C)=O)C(C)(C)O. The minimum absolute atomic E-state index is 0.207. The summed E-state index contributed by atoms with van der Waals surface area (Å²) in [5.41, 5.74) is -1.36. The van der Waals surface area contributed by atoms with Crippen LogP contribution in [0.25, 0.3) is 0 Å². The molecule has 0 spiro atoms. The fourth-order valence-electron chi connectivity index (χ4n) is 1.18. The molecule has 0 aliphatic rings. The molecule has 13 heavy (non-hydrogen) atoms. The van der Waals surface area contributed by atoms with E-state index >= 15 is 0 Å². The molecule has 0 rings (SSSR count). The number of carbonyl (C=O) groups excluding carboxylic acids is 2. The van der Waals surface area contributed by atoms with Crippen LogP contribution in [0, 0.1) is 5.92 Å². The van der Waals surface area contributed by atoms with E-state index in [9.17, 15) is 14.7 Å². The van der Waals surface area contributed by atoms with Crippen molar-refractivity contribution in [3.63, 3.8) is 0 Å². The van der Waals surface area contributed by atoms with Gasteiger partial charge in [-0.2, -0.15) is 0 Å². The van der Waals surface area contributed by atoms with Crippen LogP contribution < -0.4 is 0 Å². The molecular formula is C9H16O4. The number of hydrogen-bond acceptors (Lipinski definition) is 4. The van der Waals surface area contributed by atoms with Crippen molar-refractivity contribution >= 4 is 11.8 Å². The molecule has 1 atom stereocenters. The van der Waals surface area contributed by atoms with E-state index in [0.717, 1.165) is 0 Å². The molecular weight excluding hydrogens is 172 g/mol. The Labute approximate surface area is 77.9 Å². The van der Waals surface area contributed by atoms with Crippen LogP contribution in [0.4, 0.5) is 0 Å². The van der Waals surface area contributed by atoms with E-state index in [2.05, 4.69) is 4.74 Å². The Morgan fingerprint density at radius 3 is 2.15 bits per heavy atom. The third-order valence-electron chi connectivity index (χ3n) is 1.64. The molecule has 4 heteroatoms. The molecule has 0 aromatic carbocycles. The van der Waals surface area contributed by atoms with E-state index in [1.807, 2.05) is 0 Å². The summed E-state index contributed by atoms with van der Waals surface area (Å²) in [6, 6.07) is 0. The van der Waals surface area contributed by atoms with Crippen molar-refractivity contribution in [3.8, 4) is 0 Å². The Hall–Kier alpha value is -0.900. The second kappa shape index (κ2) is 4.37. The third-order valence-corrected chi connectivity index (χ3v) is 1.64. The summed E-state index contributed by atoms with van der Waals surface area (Å²) in [6.45, 7) is 5.95. The summed E-state index contributed by atoms with van der Waals surface area (Å²) >= 11 is 0. The zero-order valence-electron chi connectivity index (χ0n) is 8.46. The first kappa shape index (κ1) is 12.1. The van der Waals surface area contributed by atoms with Gasteiger partial charge in [0.05, 0.1) is 12.2 Å². The van der Waals surface area contributed by atoms with Crippen molar-refractivity contribution in [2.45, 2.75) is 33.3 Å². The van der Waals surface area contributed by atoms with Gasteiger partial charge in [-0.1, -0.05) is 0 Å². The van der Waals surface area contributed by atoms with Crippen molar-refractivity contribution in [3.05, 3.63) is 0 Å². The second-order valence-corrected chi connectivity index (χ2v) is 3.45. The maximum Gasteiger partial charge on any atom is 0.319 e. The van der Waals surface area contributed by atoms with Gasteiger partial charge >= 0.3 is 5.97 Å². The number of esters is 1. The van der Waals surface area contributed by atoms with Crippen LogP contribution in [0.2, 0.25) is 0 Å². The van der Waals surface area contributed by atoms with Crippen molar-refractivity contribution in [1.82, 2.24) is 0 Å². The molecule has 0 radical (unpaired) electrons. The highest BCUT2D eigenvalue weighted by Crippen LogP contribution is 2.18. The van der Waals surface area contributed by atoms with E-state index in [1.165, 1.54) is 20.8 Å². The molecule has 4 nitrogen and oxygen atoms in total. The number of ether oxygens (including phenoxy) is 1. The highest BCUT2D eigenvalue weighted by molar-refractivity contribution is 5.98. The first-order valence-electron chi connectivity index (χ1n) is 4.20. The average molecular weight is 188 g/mol. The molecule has 0 bridgehead atoms. The third kappa shape index (κ3) is 3.55. The number of aliphatic hydroxyl groups is 1. The topological polar surface area (TPSA) is 63.6 Å². The van der Waals surface area contributed by atoms with Gasteiger partial charge in [0.25, 0.3) is 0 Å². The number of Topliss-reactive ketones (excluding diaryl/α,β-unsaturated/α-hetero) is 1. The maximum atomic E-state index is 11.2. The fourth-order valence-corrected chi connectivity index (χ4v) is 1.18. The molecule has 0 heterocycles. The van der Waals surface area contributed by atoms with Gasteiger partial charge in [0.1, 0.15) is 11.7 Å². The molecule has 1 unspecified atom stereocenters. The van der Waals surface area contributed by atoms with E-state index in [4.69, 9.17) is 0 Å². The number of carbonyl (C=O) groups is 2. The number of rotatable bonds is 4. The molecule has 0 saturated heterocycles. The summed E-state index contributed by atoms with van der Waals surface area (Å²) in [5, 5.41) is 9.52. The predicted molar refractivity (Wildman–Crippen MR) is 47.1 cm³/mol. The van der Waals surface area contributed by atoms with Crippen LogP contribution in [-0.4, -0.2) is 29.1 Å². The van der Waals surface area contributed by atoms with Gasteiger partial charge in [0.15, 0.2) is 0 Å². The predicted octanol–water partition coefficient (Wildman–Crippen LogP) is 0.526. The molecule has 0 saturated carbocycles. The monoisotopic (exact) mass is 188 g/mol. The van der Waals surface area contributed by atoms with Gasteiger partial charge < -0.3 is 9.84 Å². The molecule has 76 valence electrons. The van der Waals surface area contributed by atoms with Gasteiger partial charge in [-0.25, -0.2) is 0 Å². The normalized spacial score (nSPS) is 13.6. The van der Waals surface area contributed by atoms with Gasteiger partial charge in [-0.3, -0.25) is 9.59 Å². The fraction of sp³-hybridized carbons (Fsp3) is 0.778. The van der Waals surface area contributed by atoms with Crippen molar-refractivity contribution < 1.29 is 19.4 Å². The van der Waals surface area contributed by atoms with Crippen molar-refractivity contribution in [2.24, 2.45) is 5.92 Å². The molecule has 0 fully saturated rings. The number of ketones is 1. The summed E-state index contributed by atoms with van der Waals surface area (Å²) < 4.78 is 4.67. The second-order valence-electron chi connectivity index (χ2n) is 3.45. The zero-order valence-corrected chi connectivity index (χ0v) is 8.46. The highest BCUT2D eigenvalue weighted by atomic mass is 16.5. The molecule has 1 N–H and O–H groups in total. The summed E-state index contributed by atoms with van der Waals surface area (Å²) in [4.78, 5) is 22.3. The van der Waals surface area contributed by atoms with Gasteiger partial charge in [-0.15, -0.1) is 0 Å². The minimum Gasteiger partial charge on any atom is -0.465 e. The average Bonchev–Trinajstić information content (AvgIpc) is 1.82. The van der Waals surface area contributed by atoms with Gasteiger partial charge in [0, 0.05) is 0 Å². The Balaban J connectivity index is 4.63. The Morgan fingerprint density at radius 2 is 1.92 bits per heavy atom. The first-order chi connectivity index (χ1) is 5.80. The Morgan fingerprint density at radius 1 is 1.46 bits per heavy atom. The molecule has 0 aliphatic carbocycles. The Bertz CT molecular complexity index is 202. The lowest BCUT2D eigenvalue weighted by molar-refractivity contribution is -0.160. The first-order valence-corrected chi connectivity index (χ1v) is 4.20. The van der Waals surface area contributed by atoms with E-state index in [-0.39, 0.29) is 12.4 Å². The minimum atomic E-state index is -1.36. The van der Waals surface area contributed by atoms with Crippen LogP contribution in [-0.2, 0) is 14.3 Å². The van der Waals surface area contributed by atoms with E-state index in [0.29, 0.717) is 0 Å². The quantitative estimate of drug-likeness (QED) is 0.516. The zero-order chi connectivity index (χ0) is 10.6. The Kier molecular flexibility index (Phi) is 4.07. The van der Waals surface area contributed by atoms with Crippen LogP contribution in [0.5, 0.6) is 0 Å². The van der Waals surface area contributed by atoms with Crippen LogP contribution >= 0.6 is 0 Å². The van der Waals surface area contributed by atoms with E-state index in [1.54, 1.807) is 6.92 Å². The standard InChI is InChI=1S/C9H16O4/c1-5-13-8(11)7(6(2)10)9(3,4)12/h7,12H,5H2,1-4H3.